The van der Waals surface area contributed by atoms with Crippen molar-refractivity contribution in [1.29, 1.82) is 0 Å². The number of nitrogens with one attached hydrogen (secondary N) is 2. The fraction of sp³-hybridized carbons (Fsp3) is 0.538. The van der Waals surface area contributed by atoms with Crippen molar-refractivity contribution in [3.63, 3.8) is 0 Å². The van der Waals surface area contributed by atoms with Gasteiger partial charge in [-0.25, -0.2) is 9.78 Å². The van der Waals surface area contributed by atoms with Crippen molar-refractivity contribution in [2.24, 2.45) is 5.41 Å². The van der Waals surface area contributed by atoms with E-state index in [9.17, 15) is 44.7 Å². The molecule has 17 heteroatoms. The smallest absolute Gasteiger partial charge is 0.550 e. The van der Waals surface area contributed by atoms with E-state index in [2.05, 4.69) is 20.3 Å². The molecule has 43 heavy (non-hydrogen) atoms. The van der Waals surface area contributed by atoms with Crippen LogP contribution in [-0.4, -0.2) is 106 Å². The molecule has 1 amide bonds. The van der Waals surface area contributed by atoms with Crippen LogP contribution in [0.15, 0.2) is 21.7 Å². The number of rotatable bonds is 11. The molecule has 0 spiro atoms. The van der Waals surface area contributed by atoms with Crippen LogP contribution in [0.4, 0.5) is 0 Å². The minimum absolute atomic E-state index is 0. The van der Waals surface area contributed by atoms with Crippen molar-refractivity contribution in [1.82, 2.24) is 24.8 Å². The summed E-state index contributed by atoms with van der Waals surface area (Å²) in [7, 11) is 0. The molecule has 8 N–H and O–H groups in total. The van der Waals surface area contributed by atoms with E-state index in [0.717, 1.165) is 11.1 Å². The van der Waals surface area contributed by atoms with E-state index in [-0.39, 0.29) is 67.2 Å². The summed E-state index contributed by atoms with van der Waals surface area (Å²) in [4.78, 5) is 55.3. The van der Waals surface area contributed by atoms with Gasteiger partial charge in [0.1, 0.15) is 24.4 Å². The SMILES string of the molecule is CC(C)(CO)C(O)C(=O)NCCC(=O)[O-].Cc1cc2nc3c(=O)[nH]c(=O)nc-3n(C[C@@H](O)[C@@H](O)[C@@H](O)CO)c2cc1C.[Na+]. The summed E-state index contributed by atoms with van der Waals surface area (Å²) >= 11 is 0. The first-order valence-corrected chi connectivity index (χ1v) is 12.9. The van der Waals surface area contributed by atoms with Crippen molar-refractivity contribution < 1.29 is 74.9 Å². The second kappa shape index (κ2) is 16.3. The molecule has 1 aromatic carbocycles. The molecule has 0 radical (unpaired) electrons. The number of hydrogen-bond acceptors (Lipinski definition) is 13. The molecule has 2 aliphatic heterocycles. The van der Waals surface area contributed by atoms with E-state index in [1.54, 1.807) is 12.1 Å². The molecule has 1 aromatic rings. The standard InChI is InChI=1S/C17H20N4O6.C9H17NO5.Na/c1-7-3-9-10(4-8(7)2)21(5-11(23)14(25)12(24)6-22)15-13(18-9)16(26)20-17(27)19-15;1-9(2,5-11)7(14)8(15)10-4-3-6(12)13;/h3-4,11-12,14,22-25H,5-6H2,1-2H3,(H,20,26,27);7,11,14H,3-5H2,1-2H3,(H,10,15)(H,12,13);/q;;+1/p-1/t11-,12+,14-;;/m1../s1. The van der Waals surface area contributed by atoms with Crippen molar-refractivity contribution in [3.05, 3.63) is 44.1 Å². The van der Waals surface area contributed by atoms with Crippen LogP contribution in [0.1, 0.15) is 31.4 Å². The fourth-order valence-corrected chi connectivity index (χ4v) is 3.72. The fourth-order valence-electron chi connectivity index (χ4n) is 3.72. The molecule has 0 saturated carbocycles. The van der Waals surface area contributed by atoms with E-state index in [4.69, 9.17) is 10.2 Å². The number of fused-ring (bicyclic) bond motifs is 2. The molecule has 0 bridgehead atoms. The molecule has 16 nitrogen and oxygen atoms in total. The van der Waals surface area contributed by atoms with Crippen molar-refractivity contribution in [3.8, 4) is 11.5 Å². The zero-order chi connectivity index (χ0) is 31.9. The Bertz CT molecular complexity index is 1490. The molecule has 1 unspecified atom stereocenters. The predicted molar refractivity (Wildman–Crippen MR) is 145 cm³/mol. The first kappa shape index (κ1) is 38.2. The Morgan fingerprint density at radius 1 is 1.05 bits per heavy atom. The second-order valence-corrected chi connectivity index (χ2v) is 10.5. The van der Waals surface area contributed by atoms with Gasteiger partial charge < -0.3 is 50.4 Å². The number of aromatic amines is 1. The Hall–Kier alpha value is -2.80. The third kappa shape index (κ3) is 9.85. The molecule has 232 valence electrons. The molecule has 0 saturated heterocycles. The van der Waals surface area contributed by atoms with Crippen LogP contribution in [0.2, 0.25) is 0 Å². The van der Waals surface area contributed by atoms with Gasteiger partial charge in [-0.1, -0.05) is 13.8 Å². The normalized spacial score (nSPS) is 14.2. The molecule has 0 aromatic heterocycles. The van der Waals surface area contributed by atoms with Gasteiger partial charge in [-0.05, 0) is 37.1 Å². The van der Waals surface area contributed by atoms with E-state index >= 15 is 0 Å². The Kier molecular flexibility index (Phi) is 14.5. The van der Waals surface area contributed by atoms with Gasteiger partial charge in [0.25, 0.3) is 5.56 Å². The number of hydrogen-bond donors (Lipinski definition) is 8. The first-order valence-electron chi connectivity index (χ1n) is 12.9. The Morgan fingerprint density at radius 2 is 1.65 bits per heavy atom. The third-order valence-electron chi connectivity index (χ3n) is 6.59. The summed E-state index contributed by atoms with van der Waals surface area (Å²) in [6.45, 7) is 5.33. The monoisotopic (exact) mass is 617 g/mol. The van der Waals surface area contributed by atoms with Gasteiger partial charge in [-0.15, -0.1) is 0 Å². The molecule has 0 aliphatic carbocycles. The number of carbonyl (C=O) groups excluding carboxylic acids is 2. The van der Waals surface area contributed by atoms with Crippen molar-refractivity contribution in [2.75, 3.05) is 19.8 Å². The molecule has 4 atom stereocenters. The van der Waals surface area contributed by atoms with E-state index < -0.39 is 59.6 Å². The van der Waals surface area contributed by atoms with Crippen LogP contribution < -0.4 is 51.2 Å². The number of benzene rings is 1. The Morgan fingerprint density at radius 3 is 2.21 bits per heavy atom. The molecule has 0 fully saturated rings. The Balaban J connectivity index is 0.000000497. The predicted octanol–water partition coefficient (Wildman–Crippen LogP) is -7.10. The number of H-pyrrole nitrogens is 1. The van der Waals surface area contributed by atoms with Crippen LogP contribution in [0, 0.1) is 19.3 Å². The van der Waals surface area contributed by atoms with Crippen LogP contribution >= 0.6 is 0 Å². The molecule has 3 rings (SSSR count). The third-order valence-corrected chi connectivity index (χ3v) is 6.59. The summed E-state index contributed by atoms with van der Waals surface area (Å²) < 4.78 is 1.40. The number of aromatic nitrogens is 4. The van der Waals surface area contributed by atoms with E-state index in [1.807, 2.05) is 13.8 Å². The molecular weight excluding hydrogens is 581 g/mol. The molecular formula is C26H36N5NaO11. The number of carboxylic acids is 1. The first-order chi connectivity index (χ1) is 19.5. The summed E-state index contributed by atoms with van der Waals surface area (Å²) in [6, 6.07) is 3.53. The maximum absolute atomic E-state index is 12.2. The van der Waals surface area contributed by atoms with Crippen molar-refractivity contribution >= 4 is 22.9 Å². The zero-order valence-electron chi connectivity index (χ0n) is 24.6. The number of aliphatic hydroxyl groups excluding tert-OH is 6. The summed E-state index contributed by atoms with van der Waals surface area (Å²) in [5.74, 6) is -2.02. The second-order valence-electron chi connectivity index (χ2n) is 10.5. The minimum Gasteiger partial charge on any atom is -0.550 e. The zero-order valence-corrected chi connectivity index (χ0v) is 26.6. The topological polar surface area (TPSA) is 271 Å². The van der Waals surface area contributed by atoms with Gasteiger partial charge in [-0.2, -0.15) is 4.98 Å². The minimum atomic E-state index is -1.64. The number of carbonyl (C=O) groups is 2. The van der Waals surface area contributed by atoms with Gasteiger partial charge in [0.2, 0.25) is 5.91 Å². The van der Waals surface area contributed by atoms with Gasteiger partial charge in [0.05, 0.1) is 30.8 Å². The summed E-state index contributed by atoms with van der Waals surface area (Å²) in [6.07, 6.45) is -6.36. The van der Waals surface area contributed by atoms with E-state index in [1.165, 1.54) is 18.4 Å². The van der Waals surface area contributed by atoms with Crippen LogP contribution in [0.25, 0.3) is 22.6 Å². The number of nitrogens with zero attached hydrogens (tertiary/aromatic N) is 3. The number of aryl methyl sites for hydroxylation is 2. The average molecular weight is 618 g/mol. The maximum Gasteiger partial charge on any atom is 1.00 e. The largest absolute Gasteiger partial charge is 1.00 e. The number of carboxylic acid groups (broad SMARTS) is 1. The molecule has 2 aliphatic rings. The van der Waals surface area contributed by atoms with Gasteiger partial charge >= 0.3 is 35.2 Å². The Labute approximate surface area is 267 Å². The van der Waals surface area contributed by atoms with Gasteiger partial charge in [0, 0.05) is 24.3 Å². The van der Waals surface area contributed by atoms with Crippen molar-refractivity contribution in [2.45, 2.75) is 65.1 Å². The van der Waals surface area contributed by atoms with E-state index in [0.29, 0.717) is 11.0 Å². The van der Waals surface area contributed by atoms with Gasteiger partial charge in [-0.3, -0.25) is 14.6 Å². The summed E-state index contributed by atoms with van der Waals surface area (Å²) in [5, 5.41) is 69.4. The van der Waals surface area contributed by atoms with Gasteiger partial charge in [0.15, 0.2) is 11.5 Å². The number of aliphatic hydroxyl groups is 6. The quantitative estimate of drug-likeness (QED) is 0.0735. The average Bonchev–Trinajstić information content (AvgIpc) is 2.93. The molecule has 2 heterocycles. The van der Waals surface area contributed by atoms with Crippen LogP contribution in [0.3, 0.4) is 0 Å². The maximum atomic E-state index is 12.2. The van der Waals surface area contributed by atoms with Crippen LogP contribution in [0.5, 0.6) is 0 Å². The summed E-state index contributed by atoms with van der Waals surface area (Å²) in [5.41, 5.74) is 0.160. The number of amides is 1. The number of aliphatic carboxylic acids is 1. The van der Waals surface area contributed by atoms with Crippen LogP contribution in [-0.2, 0) is 16.1 Å².